The second-order valence-electron chi connectivity index (χ2n) is 7.97. The fourth-order valence-corrected chi connectivity index (χ4v) is 5.65. The van der Waals surface area contributed by atoms with Gasteiger partial charge in [0.25, 0.3) is 5.91 Å². The summed E-state index contributed by atoms with van der Waals surface area (Å²) in [5.74, 6) is -1.42. The Kier molecular flexibility index (Phi) is 7.02. The molecule has 0 aromatic heterocycles. The van der Waals surface area contributed by atoms with Crippen molar-refractivity contribution in [1.82, 2.24) is 4.31 Å². The van der Waals surface area contributed by atoms with Crippen LogP contribution in [0.15, 0.2) is 83.8 Å². The van der Waals surface area contributed by atoms with Crippen LogP contribution in [0.3, 0.4) is 0 Å². The number of anilines is 2. The Hall–Kier alpha value is -3.53. The van der Waals surface area contributed by atoms with Gasteiger partial charge in [0.15, 0.2) is 0 Å². The maximum atomic E-state index is 13.8. The molecule has 1 heterocycles. The lowest BCUT2D eigenvalue weighted by atomic mass is 10.2. The van der Waals surface area contributed by atoms with Gasteiger partial charge < -0.3 is 5.32 Å². The molecule has 1 unspecified atom stereocenters. The highest BCUT2D eigenvalue weighted by molar-refractivity contribution is 7.89. The number of benzene rings is 3. The predicted octanol–water partition coefficient (Wildman–Crippen LogP) is 3.82. The van der Waals surface area contributed by atoms with E-state index in [-0.39, 0.29) is 23.8 Å². The monoisotopic (exact) mass is 511 g/mol. The summed E-state index contributed by atoms with van der Waals surface area (Å²) in [4.78, 5) is 38.5. The van der Waals surface area contributed by atoms with Crippen LogP contribution in [-0.2, 0) is 31.0 Å². The summed E-state index contributed by atoms with van der Waals surface area (Å²) in [6.45, 7) is 1.14. The number of nitrogens with one attached hydrogen (secondary N) is 1. The lowest BCUT2D eigenvalue weighted by Gasteiger charge is -2.27. The minimum atomic E-state index is -4.24. The van der Waals surface area contributed by atoms with Crippen LogP contribution >= 0.6 is 11.6 Å². The number of carbonyl (C=O) groups is 3. The molecule has 4 rings (SSSR count). The first-order chi connectivity index (χ1) is 16.7. The molecule has 3 amide bonds. The van der Waals surface area contributed by atoms with E-state index in [0.717, 1.165) is 9.21 Å². The largest absolute Gasteiger partial charge is 0.326 e. The summed E-state index contributed by atoms with van der Waals surface area (Å²) < 4.78 is 28.6. The minimum absolute atomic E-state index is 0.0861. The maximum Gasteiger partial charge on any atom is 0.252 e. The molecule has 0 spiro atoms. The van der Waals surface area contributed by atoms with Crippen LogP contribution < -0.4 is 10.2 Å². The van der Waals surface area contributed by atoms with E-state index in [1.165, 1.54) is 31.2 Å². The van der Waals surface area contributed by atoms with Crippen molar-refractivity contribution in [3.05, 3.63) is 89.4 Å². The Morgan fingerprint density at radius 3 is 2.26 bits per heavy atom. The number of rotatable bonds is 7. The van der Waals surface area contributed by atoms with Gasteiger partial charge in [0, 0.05) is 24.2 Å². The molecule has 10 heteroatoms. The van der Waals surface area contributed by atoms with Crippen LogP contribution in [0.4, 0.5) is 11.4 Å². The molecule has 0 saturated carbocycles. The second-order valence-corrected chi connectivity index (χ2v) is 10.3. The molecule has 0 radical (unpaired) electrons. The molecule has 3 aromatic carbocycles. The standard InChI is InChI=1S/C25H22ClN3O5S/c1-17(30)27-19-11-13-21(14-12-19)35(33,34)28(16-18-7-5-6-10-22(18)26)23-15-24(31)29(25(23)32)20-8-3-2-4-9-20/h2-14,23H,15-16H2,1H3,(H,27,30). The predicted molar refractivity (Wildman–Crippen MR) is 132 cm³/mol. The van der Waals surface area contributed by atoms with Gasteiger partial charge >= 0.3 is 0 Å². The van der Waals surface area contributed by atoms with Gasteiger partial charge in [0.2, 0.25) is 21.8 Å². The van der Waals surface area contributed by atoms with Crippen molar-refractivity contribution < 1.29 is 22.8 Å². The quantitative estimate of drug-likeness (QED) is 0.486. The van der Waals surface area contributed by atoms with Crippen LogP contribution in [0.2, 0.25) is 5.02 Å². The lowest BCUT2D eigenvalue weighted by Crippen LogP contribution is -2.45. The molecule has 1 aliphatic rings. The number of carbonyl (C=O) groups excluding carboxylic acids is 3. The Bertz CT molecular complexity index is 1380. The number of imide groups is 1. The van der Waals surface area contributed by atoms with Crippen LogP contribution in [0.5, 0.6) is 0 Å². The molecule has 1 aliphatic heterocycles. The Balaban J connectivity index is 1.74. The van der Waals surface area contributed by atoms with E-state index in [2.05, 4.69) is 5.32 Å². The highest BCUT2D eigenvalue weighted by atomic mass is 35.5. The first-order valence-electron chi connectivity index (χ1n) is 10.7. The number of hydrogen-bond donors (Lipinski definition) is 1. The molecule has 3 aromatic rings. The molecular formula is C25H22ClN3O5S. The molecule has 1 N–H and O–H groups in total. The highest BCUT2D eigenvalue weighted by Gasteiger charge is 2.47. The van der Waals surface area contributed by atoms with E-state index in [1.54, 1.807) is 54.6 Å². The second kappa shape index (κ2) is 9.99. The van der Waals surface area contributed by atoms with Crippen LogP contribution in [-0.4, -0.2) is 36.5 Å². The molecule has 8 nitrogen and oxygen atoms in total. The van der Waals surface area contributed by atoms with Gasteiger partial charge in [-0.15, -0.1) is 0 Å². The third-order valence-corrected chi connectivity index (χ3v) is 7.79. The first-order valence-corrected chi connectivity index (χ1v) is 12.5. The molecule has 1 fully saturated rings. The van der Waals surface area contributed by atoms with Gasteiger partial charge in [0.05, 0.1) is 17.0 Å². The number of para-hydroxylation sites is 1. The number of hydrogen-bond acceptors (Lipinski definition) is 5. The van der Waals surface area contributed by atoms with Gasteiger partial charge in [-0.25, -0.2) is 13.3 Å². The summed E-state index contributed by atoms with van der Waals surface area (Å²) in [7, 11) is -4.24. The van der Waals surface area contributed by atoms with Crippen LogP contribution in [0.25, 0.3) is 0 Å². The smallest absolute Gasteiger partial charge is 0.252 e. The normalized spacial score (nSPS) is 16.1. The van der Waals surface area contributed by atoms with Crippen molar-refractivity contribution in [3.63, 3.8) is 0 Å². The van der Waals surface area contributed by atoms with Gasteiger partial charge in [-0.2, -0.15) is 4.31 Å². The molecule has 1 saturated heterocycles. The summed E-state index contributed by atoms with van der Waals surface area (Å²) in [5.41, 5.74) is 1.29. The van der Waals surface area contributed by atoms with Crippen molar-refractivity contribution in [2.45, 2.75) is 30.8 Å². The van der Waals surface area contributed by atoms with E-state index < -0.39 is 27.9 Å². The van der Waals surface area contributed by atoms with Gasteiger partial charge in [0.1, 0.15) is 6.04 Å². The summed E-state index contributed by atoms with van der Waals surface area (Å²) >= 11 is 6.31. The molecule has 1 atom stereocenters. The van der Waals surface area contributed by atoms with Crippen molar-refractivity contribution in [1.29, 1.82) is 0 Å². The summed E-state index contributed by atoms with van der Waals surface area (Å²) in [6, 6.07) is 19.5. The van der Waals surface area contributed by atoms with Crippen molar-refractivity contribution >= 4 is 50.7 Å². The molecule has 35 heavy (non-hydrogen) atoms. The lowest BCUT2D eigenvalue weighted by molar-refractivity contribution is -0.122. The number of halogens is 1. The maximum absolute atomic E-state index is 13.8. The Labute approximate surface area is 208 Å². The van der Waals surface area contributed by atoms with E-state index >= 15 is 0 Å². The number of nitrogens with zero attached hydrogens (tertiary/aromatic N) is 2. The van der Waals surface area contributed by atoms with Crippen molar-refractivity contribution in [2.24, 2.45) is 0 Å². The van der Waals surface area contributed by atoms with Gasteiger partial charge in [-0.3, -0.25) is 14.4 Å². The molecule has 0 bridgehead atoms. The van der Waals surface area contributed by atoms with Crippen molar-refractivity contribution in [2.75, 3.05) is 10.2 Å². The fourth-order valence-electron chi connectivity index (χ4n) is 3.90. The number of amides is 3. The van der Waals surface area contributed by atoms with E-state index in [0.29, 0.717) is 22.0 Å². The minimum Gasteiger partial charge on any atom is -0.326 e. The average molecular weight is 512 g/mol. The third-order valence-electron chi connectivity index (χ3n) is 5.55. The molecular weight excluding hydrogens is 490 g/mol. The fraction of sp³-hybridized carbons (Fsp3) is 0.160. The van der Waals surface area contributed by atoms with Crippen LogP contribution in [0.1, 0.15) is 18.9 Å². The molecule has 180 valence electrons. The van der Waals surface area contributed by atoms with Crippen molar-refractivity contribution in [3.8, 4) is 0 Å². The Morgan fingerprint density at radius 1 is 1.00 bits per heavy atom. The van der Waals surface area contributed by atoms with E-state index in [1.807, 2.05) is 0 Å². The topological polar surface area (TPSA) is 104 Å². The van der Waals surface area contributed by atoms with Crippen LogP contribution in [0, 0.1) is 0 Å². The SMILES string of the molecule is CC(=O)Nc1ccc(S(=O)(=O)N(Cc2ccccc2Cl)C2CC(=O)N(c3ccccc3)C2=O)cc1. The van der Waals surface area contributed by atoms with E-state index in [4.69, 9.17) is 11.6 Å². The zero-order chi connectivity index (χ0) is 25.2. The Morgan fingerprint density at radius 2 is 1.63 bits per heavy atom. The molecule has 0 aliphatic carbocycles. The summed E-state index contributed by atoms with van der Waals surface area (Å²) in [5, 5.41) is 2.92. The summed E-state index contributed by atoms with van der Waals surface area (Å²) in [6.07, 6.45) is -0.304. The first kappa shape index (κ1) is 24.6. The zero-order valence-corrected chi connectivity index (χ0v) is 20.3. The van der Waals surface area contributed by atoms with E-state index in [9.17, 15) is 22.8 Å². The average Bonchev–Trinajstić information content (AvgIpc) is 3.12. The third kappa shape index (κ3) is 5.12. The van der Waals surface area contributed by atoms with Gasteiger partial charge in [-0.05, 0) is 48.0 Å². The highest BCUT2D eigenvalue weighted by Crippen LogP contribution is 2.32. The zero-order valence-electron chi connectivity index (χ0n) is 18.7. The van der Waals surface area contributed by atoms with Gasteiger partial charge in [-0.1, -0.05) is 48.0 Å². The number of sulfonamides is 1.